The predicted octanol–water partition coefficient (Wildman–Crippen LogP) is 2.62. The van der Waals surface area contributed by atoms with E-state index in [1.807, 2.05) is 35.8 Å². The van der Waals surface area contributed by atoms with Crippen LogP contribution in [-0.2, 0) is 4.74 Å². The van der Waals surface area contributed by atoms with Crippen molar-refractivity contribution in [2.45, 2.75) is 31.6 Å². The van der Waals surface area contributed by atoms with Crippen molar-refractivity contribution in [3.63, 3.8) is 0 Å². The summed E-state index contributed by atoms with van der Waals surface area (Å²) in [6.07, 6.45) is 2.27. The SMILES string of the molecule is CC1CC2C(O1)c1ccccc1-c1cc(=O)c(C(=O)O)cn12. The van der Waals surface area contributed by atoms with E-state index in [1.165, 1.54) is 12.3 Å². The van der Waals surface area contributed by atoms with Crippen LogP contribution in [0.25, 0.3) is 11.3 Å². The number of ether oxygens (including phenoxy) is 1. The molecule has 1 fully saturated rings. The molecule has 2 aliphatic heterocycles. The van der Waals surface area contributed by atoms with Gasteiger partial charge in [0.25, 0.3) is 0 Å². The van der Waals surface area contributed by atoms with Gasteiger partial charge in [0, 0.05) is 17.8 Å². The first kappa shape index (κ1) is 13.3. The Bertz CT molecular complexity index is 839. The zero-order chi connectivity index (χ0) is 15.4. The lowest BCUT2D eigenvalue weighted by Gasteiger charge is -2.32. The van der Waals surface area contributed by atoms with Gasteiger partial charge in [0.15, 0.2) is 5.43 Å². The number of hydrogen-bond donors (Lipinski definition) is 1. The molecule has 0 saturated carbocycles. The summed E-state index contributed by atoms with van der Waals surface area (Å²) in [4.78, 5) is 23.3. The third-order valence-electron chi connectivity index (χ3n) is 4.51. The number of carboxylic acids is 1. The Balaban J connectivity index is 2.02. The molecule has 5 heteroatoms. The molecule has 1 aromatic heterocycles. The highest BCUT2D eigenvalue weighted by molar-refractivity contribution is 5.87. The molecule has 3 atom stereocenters. The van der Waals surface area contributed by atoms with Crippen LogP contribution in [0.4, 0.5) is 0 Å². The van der Waals surface area contributed by atoms with Crippen LogP contribution in [-0.4, -0.2) is 21.7 Å². The molecule has 1 aromatic carbocycles. The van der Waals surface area contributed by atoms with E-state index in [2.05, 4.69) is 0 Å². The van der Waals surface area contributed by atoms with Crippen LogP contribution in [0.1, 0.15) is 41.4 Å². The molecule has 5 nitrogen and oxygen atoms in total. The van der Waals surface area contributed by atoms with Crippen molar-refractivity contribution in [1.82, 2.24) is 4.57 Å². The molecule has 0 aliphatic carbocycles. The van der Waals surface area contributed by atoms with Gasteiger partial charge in [0.2, 0.25) is 0 Å². The summed E-state index contributed by atoms with van der Waals surface area (Å²) in [7, 11) is 0. The van der Waals surface area contributed by atoms with Crippen LogP contribution >= 0.6 is 0 Å². The Morgan fingerprint density at radius 3 is 2.91 bits per heavy atom. The van der Waals surface area contributed by atoms with E-state index in [0.29, 0.717) is 0 Å². The molecule has 0 bridgehead atoms. The summed E-state index contributed by atoms with van der Waals surface area (Å²) in [5.41, 5.74) is 2.12. The fraction of sp³-hybridized carbons (Fsp3) is 0.294. The van der Waals surface area contributed by atoms with Gasteiger partial charge in [-0.25, -0.2) is 4.79 Å². The molecular formula is C17H15NO4. The molecule has 0 amide bonds. The minimum Gasteiger partial charge on any atom is -0.477 e. The minimum absolute atomic E-state index is 0.0265. The molecule has 2 aromatic rings. The Hall–Kier alpha value is -2.40. The van der Waals surface area contributed by atoms with Crippen molar-refractivity contribution < 1.29 is 14.6 Å². The summed E-state index contributed by atoms with van der Waals surface area (Å²) in [5, 5.41) is 9.21. The summed E-state index contributed by atoms with van der Waals surface area (Å²) < 4.78 is 7.94. The van der Waals surface area contributed by atoms with E-state index in [9.17, 15) is 14.7 Å². The number of hydrogen-bond acceptors (Lipinski definition) is 3. The molecule has 112 valence electrons. The van der Waals surface area contributed by atoms with Crippen molar-refractivity contribution in [1.29, 1.82) is 0 Å². The maximum atomic E-state index is 12.1. The average molecular weight is 297 g/mol. The van der Waals surface area contributed by atoms with Crippen LogP contribution in [0.15, 0.2) is 41.3 Å². The molecule has 3 unspecified atom stereocenters. The van der Waals surface area contributed by atoms with Crippen LogP contribution in [0.2, 0.25) is 0 Å². The normalized spacial score (nSPS) is 25.2. The molecular weight excluding hydrogens is 282 g/mol. The second-order valence-electron chi connectivity index (χ2n) is 5.91. The lowest BCUT2D eigenvalue weighted by molar-refractivity contribution is 0.0433. The van der Waals surface area contributed by atoms with Gasteiger partial charge < -0.3 is 14.4 Å². The number of benzene rings is 1. The quantitative estimate of drug-likeness (QED) is 0.878. The molecule has 0 spiro atoms. The molecule has 4 rings (SSSR count). The fourth-order valence-corrected chi connectivity index (χ4v) is 3.58. The topological polar surface area (TPSA) is 68.5 Å². The van der Waals surface area contributed by atoms with Gasteiger partial charge in [0.05, 0.1) is 17.8 Å². The van der Waals surface area contributed by atoms with Gasteiger partial charge >= 0.3 is 5.97 Å². The highest BCUT2D eigenvalue weighted by Gasteiger charge is 2.40. The number of pyridine rings is 1. The number of carboxylic acid groups (broad SMARTS) is 1. The Morgan fingerprint density at radius 1 is 1.36 bits per heavy atom. The van der Waals surface area contributed by atoms with E-state index in [1.54, 1.807) is 0 Å². The molecule has 0 radical (unpaired) electrons. The third-order valence-corrected chi connectivity index (χ3v) is 4.51. The lowest BCUT2D eigenvalue weighted by atomic mass is 9.89. The van der Waals surface area contributed by atoms with Crippen LogP contribution < -0.4 is 5.43 Å². The summed E-state index contributed by atoms with van der Waals surface area (Å²) >= 11 is 0. The maximum Gasteiger partial charge on any atom is 0.341 e. The maximum absolute atomic E-state index is 12.1. The van der Waals surface area contributed by atoms with E-state index in [0.717, 1.165) is 23.2 Å². The van der Waals surface area contributed by atoms with E-state index < -0.39 is 11.4 Å². The van der Waals surface area contributed by atoms with Gasteiger partial charge in [-0.05, 0) is 18.9 Å². The molecule has 3 heterocycles. The first-order chi connectivity index (χ1) is 10.6. The van der Waals surface area contributed by atoms with Crippen LogP contribution in [0.5, 0.6) is 0 Å². The highest BCUT2D eigenvalue weighted by Crippen LogP contribution is 2.49. The van der Waals surface area contributed by atoms with Gasteiger partial charge in [-0.15, -0.1) is 0 Å². The van der Waals surface area contributed by atoms with Crippen LogP contribution in [0, 0.1) is 0 Å². The van der Waals surface area contributed by atoms with E-state index in [4.69, 9.17) is 4.74 Å². The van der Waals surface area contributed by atoms with Crippen molar-refractivity contribution in [3.05, 3.63) is 57.9 Å². The first-order valence-corrected chi connectivity index (χ1v) is 7.30. The zero-order valence-corrected chi connectivity index (χ0v) is 12.0. The number of nitrogens with zero attached hydrogens (tertiary/aromatic N) is 1. The predicted molar refractivity (Wildman–Crippen MR) is 80.0 cm³/mol. The monoisotopic (exact) mass is 297 g/mol. The molecule has 22 heavy (non-hydrogen) atoms. The van der Waals surface area contributed by atoms with Crippen molar-refractivity contribution >= 4 is 5.97 Å². The average Bonchev–Trinajstić information content (AvgIpc) is 2.88. The van der Waals surface area contributed by atoms with Crippen molar-refractivity contribution in [2.75, 3.05) is 0 Å². The lowest BCUT2D eigenvalue weighted by Crippen LogP contribution is -2.26. The molecule has 2 aliphatic rings. The van der Waals surface area contributed by atoms with Gasteiger partial charge in [0.1, 0.15) is 11.7 Å². The van der Waals surface area contributed by atoms with Gasteiger partial charge in [-0.2, -0.15) is 0 Å². The first-order valence-electron chi connectivity index (χ1n) is 7.30. The Morgan fingerprint density at radius 2 is 2.14 bits per heavy atom. The standard InChI is InChI=1S/C17H15NO4/c1-9-6-14-16(22-9)11-5-3-2-4-10(11)13-7-15(19)12(17(20)21)8-18(13)14/h2-5,7-9,14,16H,6H2,1H3,(H,20,21). The summed E-state index contributed by atoms with van der Waals surface area (Å²) in [6.45, 7) is 2.02. The third kappa shape index (κ3) is 1.75. The van der Waals surface area contributed by atoms with E-state index in [-0.39, 0.29) is 23.8 Å². The van der Waals surface area contributed by atoms with E-state index >= 15 is 0 Å². The smallest absolute Gasteiger partial charge is 0.341 e. The molecule has 1 N–H and O–H groups in total. The van der Waals surface area contributed by atoms with Crippen molar-refractivity contribution in [2.24, 2.45) is 0 Å². The zero-order valence-electron chi connectivity index (χ0n) is 12.0. The minimum atomic E-state index is -1.19. The fourth-order valence-electron chi connectivity index (χ4n) is 3.58. The largest absolute Gasteiger partial charge is 0.477 e. The number of rotatable bonds is 1. The summed E-state index contributed by atoms with van der Waals surface area (Å²) in [6, 6.07) is 9.30. The number of fused-ring (bicyclic) bond motifs is 6. The summed E-state index contributed by atoms with van der Waals surface area (Å²) in [5.74, 6) is -1.19. The Labute approximate surface area is 126 Å². The number of carbonyl (C=O) groups is 1. The highest BCUT2D eigenvalue weighted by atomic mass is 16.5. The molecule has 1 saturated heterocycles. The van der Waals surface area contributed by atoms with Gasteiger partial charge in [-0.3, -0.25) is 4.79 Å². The number of aromatic carboxylic acids is 1. The van der Waals surface area contributed by atoms with Crippen LogP contribution in [0.3, 0.4) is 0 Å². The second-order valence-corrected chi connectivity index (χ2v) is 5.91. The second kappa shape index (κ2) is 4.55. The Kier molecular flexibility index (Phi) is 2.74. The van der Waals surface area contributed by atoms with Crippen molar-refractivity contribution in [3.8, 4) is 11.3 Å². The number of aromatic nitrogens is 1. The van der Waals surface area contributed by atoms with Gasteiger partial charge in [-0.1, -0.05) is 24.3 Å².